The zero-order chi connectivity index (χ0) is 18.1. The average molecular weight is 353 g/mol. The van der Waals surface area contributed by atoms with Crippen LogP contribution in [0.25, 0.3) is 11.2 Å². The lowest BCUT2D eigenvalue weighted by Crippen LogP contribution is -2.39. The molecule has 11 heteroatoms. The fraction of sp³-hybridized carbons (Fsp3) is 0.643. The topological polar surface area (TPSA) is 123 Å². The molecule has 0 amide bonds. The van der Waals surface area contributed by atoms with Gasteiger partial charge in [-0.15, -0.1) is 0 Å². The van der Waals surface area contributed by atoms with Crippen molar-refractivity contribution in [2.75, 3.05) is 13.2 Å². The van der Waals surface area contributed by atoms with Crippen LogP contribution in [0.4, 0.5) is 5.95 Å². The van der Waals surface area contributed by atoms with Crippen molar-refractivity contribution >= 4 is 17.1 Å². The molecule has 0 spiro atoms. The van der Waals surface area contributed by atoms with E-state index in [1.807, 2.05) is 0 Å². The Kier molecular flexibility index (Phi) is 4.68. The van der Waals surface area contributed by atoms with E-state index in [0.717, 1.165) is 28.4 Å². The van der Waals surface area contributed by atoms with E-state index < -0.39 is 22.1 Å². The fourth-order valence-corrected chi connectivity index (χ4v) is 2.90. The molecule has 2 aromatic heterocycles. The number of nitrogens with zero attached hydrogens (tertiary/aromatic N) is 5. The molecule has 0 aliphatic carbocycles. The van der Waals surface area contributed by atoms with Crippen molar-refractivity contribution in [1.82, 2.24) is 18.7 Å². The van der Waals surface area contributed by atoms with Crippen LogP contribution < -0.4 is 11.2 Å². The first-order valence-corrected chi connectivity index (χ1v) is 7.95. The molecular formula is C14H19N5O6. The molecule has 0 bridgehead atoms. The molecule has 0 N–H and O–H groups in total. The number of fused-ring (bicyclic) bond motifs is 1. The van der Waals surface area contributed by atoms with Gasteiger partial charge in [-0.3, -0.25) is 13.9 Å². The number of ether oxygens (including phenoxy) is 2. The molecular weight excluding hydrogens is 334 g/mol. The molecule has 1 unspecified atom stereocenters. The maximum absolute atomic E-state index is 12.4. The van der Waals surface area contributed by atoms with Gasteiger partial charge in [0.15, 0.2) is 6.29 Å². The lowest BCUT2D eigenvalue weighted by molar-refractivity contribution is -0.396. The first kappa shape index (κ1) is 17.3. The van der Waals surface area contributed by atoms with E-state index in [-0.39, 0.29) is 30.6 Å². The number of aryl methyl sites for hydroxylation is 1. The summed E-state index contributed by atoms with van der Waals surface area (Å²) in [5.41, 5.74) is -1.24. The second-order valence-electron chi connectivity index (χ2n) is 5.87. The third-order valence-electron chi connectivity index (χ3n) is 4.25. The van der Waals surface area contributed by atoms with Gasteiger partial charge in [-0.2, -0.15) is 0 Å². The maximum atomic E-state index is 12.4. The van der Waals surface area contributed by atoms with Gasteiger partial charge in [-0.1, -0.05) is 0 Å². The summed E-state index contributed by atoms with van der Waals surface area (Å²) < 4.78 is 14.3. The number of rotatable bonds is 5. The molecule has 3 rings (SSSR count). The Morgan fingerprint density at radius 2 is 2.08 bits per heavy atom. The van der Waals surface area contributed by atoms with Crippen molar-refractivity contribution in [1.29, 1.82) is 0 Å². The van der Waals surface area contributed by atoms with Crippen LogP contribution >= 0.6 is 0 Å². The van der Waals surface area contributed by atoms with Crippen molar-refractivity contribution in [3.05, 3.63) is 31.0 Å². The smallest absolute Gasteiger partial charge is 0.390 e. The van der Waals surface area contributed by atoms with E-state index in [4.69, 9.17) is 9.47 Å². The zero-order valence-corrected chi connectivity index (χ0v) is 14.0. The van der Waals surface area contributed by atoms with Gasteiger partial charge in [0.1, 0.15) is 0 Å². The molecule has 2 aromatic rings. The monoisotopic (exact) mass is 353 g/mol. The summed E-state index contributed by atoms with van der Waals surface area (Å²) in [6.45, 7) is 0.918. The van der Waals surface area contributed by atoms with E-state index in [1.165, 1.54) is 18.7 Å². The molecule has 136 valence electrons. The minimum Gasteiger partial charge on any atom is -0.390 e. The van der Waals surface area contributed by atoms with Crippen molar-refractivity contribution in [3.8, 4) is 0 Å². The molecule has 1 aliphatic rings. The highest BCUT2D eigenvalue weighted by atomic mass is 16.7. The molecule has 0 radical (unpaired) electrons. The third-order valence-corrected chi connectivity index (χ3v) is 4.25. The lowest BCUT2D eigenvalue weighted by atomic mass is 10.2. The molecule has 0 aromatic carbocycles. The van der Waals surface area contributed by atoms with Crippen LogP contribution in [-0.2, 0) is 30.1 Å². The minimum absolute atomic E-state index is 0.00252. The molecule has 0 saturated carbocycles. The molecule has 1 fully saturated rings. The standard InChI is InChI=1S/C14H19N5O6/c1-16-10-11(15-13(16)19(22)23)18(14(21)17(2)12(10)20)6-8-25-9-5-3-4-7-24-9/h9H,3-8H2,1-2H3. The van der Waals surface area contributed by atoms with Crippen LogP contribution in [0, 0.1) is 10.1 Å². The molecule has 1 aliphatic heterocycles. The molecule has 3 heterocycles. The van der Waals surface area contributed by atoms with Gasteiger partial charge in [-0.25, -0.2) is 9.36 Å². The van der Waals surface area contributed by atoms with E-state index in [2.05, 4.69) is 4.98 Å². The second-order valence-corrected chi connectivity index (χ2v) is 5.87. The third kappa shape index (κ3) is 3.07. The van der Waals surface area contributed by atoms with E-state index >= 15 is 0 Å². The highest BCUT2D eigenvalue weighted by Gasteiger charge is 2.26. The summed E-state index contributed by atoms with van der Waals surface area (Å²) in [5, 5.41) is 11.1. The van der Waals surface area contributed by atoms with Crippen LogP contribution in [0.1, 0.15) is 19.3 Å². The predicted octanol–water partition coefficient (Wildman–Crippen LogP) is -0.115. The molecule has 1 saturated heterocycles. The van der Waals surface area contributed by atoms with Crippen LogP contribution in [0.3, 0.4) is 0 Å². The Balaban J connectivity index is 1.96. The molecule has 25 heavy (non-hydrogen) atoms. The van der Waals surface area contributed by atoms with Gasteiger partial charge >= 0.3 is 11.6 Å². The number of hydrogen-bond acceptors (Lipinski definition) is 7. The van der Waals surface area contributed by atoms with Crippen LogP contribution in [-0.4, -0.2) is 43.1 Å². The summed E-state index contributed by atoms with van der Waals surface area (Å²) in [4.78, 5) is 39.0. The summed E-state index contributed by atoms with van der Waals surface area (Å²) in [6, 6.07) is 0. The quantitative estimate of drug-likeness (QED) is 0.542. The summed E-state index contributed by atoms with van der Waals surface area (Å²) >= 11 is 0. The minimum atomic E-state index is -0.694. The molecule has 1 atom stereocenters. The van der Waals surface area contributed by atoms with E-state index in [0.29, 0.717) is 6.61 Å². The van der Waals surface area contributed by atoms with E-state index in [9.17, 15) is 19.7 Å². The number of hydrogen-bond donors (Lipinski definition) is 0. The first-order valence-electron chi connectivity index (χ1n) is 7.95. The largest absolute Gasteiger partial charge is 0.437 e. The van der Waals surface area contributed by atoms with E-state index in [1.54, 1.807) is 0 Å². The first-order chi connectivity index (χ1) is 11.9. The fourth-order valence-electron chi connectivity index (χ4n) is 2.90. The van der Waals surface area contributed by atoms with Gasteiger partial charge in [-0.05, 0) is 29.2 Å². The Bertz CT molecular complexity index is 920. The van der Waals surface area contributed by atoms with Crippen LogP contribution in [0.2, 0.25) is 0 Å². The SMILES string of the molecule is Cn1c(=O)c2c(nc([N+](=O)[O-])n2C)n(CCOC2CCCCO2)c1=O. The number of nitro groups is 1. The van der Waals surface area contributed by atoms with Gasteiger partial charge in [0.2, 0.25) is 5.52 Å². The van der Waals surface area contributed by atoms with Crippen molar-refractivity contribution in [2.45, 2.75) is 32.1 Å². The van der Waals surface area contributed by atoms with Crippen LogP contribution in [0.5, 0.6) is 0 Å². The zero-order valence-electron chi connectivity index (χ0n) is 14.0. The van der Waals surface area contributed by atoms with Gasteiger partial charge in [0.05, 0.1) is 20.2 Å². The molecule has 11 nitrogen and oxygen atoms in total. The highest BCUT2D eigenvalue weighted by Crippen LogP contribution is 2.16. The van der Waals surface area contributed by atoms with Crippen molar-refractivity contribution < 1.29 is 14.4 Å². The highest BCUT2D eigenvalue weighted by molar-refractivity contribution is 5.72. The normalized spacial score (nSPS) is 17.9. The Morgan fingerprint density at radius 1 is 1.32 bits per heavy atom. The lowest BCUT2D eigenvalue weighted by Gasteiger charge is -2.22. The van der Waals surface area contributed by atoms with Crippen LogP contribution in [0.15, 0.2) is 9.59 Å². The summed E-state index contributed by atoms with van der Waals surface area (Å²) in [6.07, 6.45) is 2.48. The van der Waals surface area contributed by atoms with Gasteiger partial charge < -0.3 is 19.6 Å². The van der Waals surface area contributed by atoms with Gasteiger partial charge in [0, 0.05) is 13.7 Å². The van der Waals surface area contributed by atoms with Crippen molar-refractivity contribution in [3.63, 3.8) is 0 Å². The second kappa shape index (κ2) is 6.76. The Labute approximate surface area is 141 Å². The Hall–Kier alpha value is -2.53. The van der Waals surface area contributed by atoms with Gasteiger partial charge in [0.25, 0.3) is 11.2 Å². The summed E-state index contributed by atoms with van der Waals surface area (Å²) in [7, 11) is 2.70. The number of imidazole rings is 1. The summed E-state index contributed by atoms with van der Waals surface area (Å²) in [5.74, 6) is -0.497. The number of aromatic nitrogens is 4. The van der Waals surface area contributed by atoms with Crippen molar-refractivity contribution in [2.24, 2.45) is 14.1 Å². The predicted molar refractivity (Wildman–Crippen MR) is 86.4 cm³/mol. The maximum Gasteiger partial charge on any atom is 0.437 e. The Morgan fingerprint density at radius 3 is 2.72 bits per heavy atom. The average Bonchev–Trinajstić information content (AvgIpc) is 2.94.